The van der Waals surface area contributed by atoms with Crippen LogP contribution in [0.15, 0.2) is 53.3 Å². The molecule has 7 nitrogen and oxygen atoms in total. The van der Waals surface area contributed by atoms with Gasteiger partial charge in [-0.2, -0.15) is 13.2 Å². The predicted octanol–water partition coefficient (Wildman–Crippen LogP) is 4.54. The molecule has 1 aromatic carbocycles. The molecule has 3 heterocycles. The van der Waals surface area contributed by atoms with Crippen LogP contribution in [0.2, 0.25) is 0 Å². The summed E-state index contributed by atoms with van der Waals surface area (Å²) in [6.45, 7) is -1.38. The number of aromatic nitrogens is 3. The number of thiazole rings is 1. The number of carbonyl (C=O) groups excluding carboxylic acids is 1. The third kappa shape index (κ3) is 4.51. The van der Waals surface area contributed by atoms with Gasteiger partial charge in [-0.25, -0.2) is 4.98 Å². The molecule has 4 rings (SSSR count). The maximum Gasteiger partial charge on any atom is 0.422 e. The highest BCUT2D eigenvalue weighted by atomic mass is 32.1. The van der Waals surface area contributed by atoms with E-state index in [-0.39, 0.29) is 16.6 Å². The topological polar surface area (TPSA) is 90.1 Å². The third-order valence-corrected chi connectivity index (χ3v) is 4.62. The zero-order valence-corrected chi connectivity index (χ0v) is 15.3. The molecule has 0 aliphatic carbocycles. The monoisotopic (exact) mass is 420 g/mol. The summed E-state index contributed by atoms with van der Waals surface area (Å²) in [4.78, 5) is 20.5. The van der Waals surface area contributed by atoms with Crippen molar-refractivity contribution in [1.29, 1.82) is 0 Å². The smallest absolute Gasteiger partial charge is 0.422 e. The largest absolute Gasteiger partial charge is 0.484 e. The van der Waals surface area contributed by atoms with Gasteiger partial charge < -0.3 is 9.26 Å². The van der Waals surface area contributed by atoms with Crippen LogP contribution in [-0.2, 0) is 0 Å². The van der Waals surface area contributed by atoms with Gasteiger partial charge in [0.2, 0.25) is 0 Å². The number of alkyl halides is 3. The van der Waals surface area contributed by atoms with Crippen LogP contribution in [0.3, 0.4) is 0 Å². The quantitative estimate of drug-likeness (QED) is 0.510. The van der Waals surface area contributed by atoms with Crippen LogP contribution in [0, 0.1) is 0 Å². The summed E-state index contributed by atoms with van der Waals surface area (Å²) in [6, 6.07) is 9.26. The molecule has 148 valence electrons. The van der Waals surface area contributed by atoms with Gasteiger partial charge in [-0.05, 0) is 30.3 Å². The first kappa shape index (κ1) is 18.9. The molecule has 0 saturated heterocycles. The van der Waals surface area contributed by atoms with Crippen molar-refractivity contribution in [2.75, 3.05) is 11.9 Å². The minimum atomic E-state index is -4.42. The molecular weight excluding hydrogens is 409 g/mol. The Morgan fingerprint density at radius 1 is 1.17 bits per heavy atom. The highest BCUT2D eigenvalue weighted by molar-refractivity contribution is 7.22. The minimum absolute atomic E-state index is 0.0604. The van der Waals surface area contributed by atoms with E-state index in [1.165, 1.54) is 24.3 Å². The van der Waals surface area contributed by atoms with Crippen LogP contribution in [0.1, 0.15) is 10.5 Å². The summed E-state index contributed by atoms with van der Waals surface area (Å²) in [7, 11) is 0. The standard InChI is InChI=1S/C18H11F3N4O3S/c19-18(20,21)9-27-11-1-2-12-15(7-11)29-17(23-12)24-16(26)13-8-14(28-25-13)10-3-5-22-6-4-10/h1-8H,9H2,(H,23,24,26). The number of nitrogens with one attached hydrogen (secondary N) is 1. The van der Waals surface area contributed by atoms with E-state index in [1.54, 1.807) is 24.5 Å². The van der Waals surface area contributed by atoms with Crippen LogP contribution in [-0.4, -0.2) is 33.8 Å². The predicted molar refractivity (Wildman–Crippen MR) is 98.9 cm³/mol. The summed E-state index contributed by atoms with van der Waals surface area (Å²) in [5.41, 5.74) is 1.30. The molecule has 0 bridgehead atoms. The maximum absolute atomic E-state index is 12.4. The maximum atomic E-state index is 12.4. The van der Waals surface area contributed by atoms with Crippen LogP contribution in [0.5, 0.6) is 5.75 Å². The van der Waals surface area contributed by atoms with E-state index in [9.17, 15) is 18.0 Å². The number of anilines is 1. The van der Waals surface area contributed by atoms with Gasteiger partial charge in [0, 0.05) is 24.0 Å². The van der Waals surface area contributed by atoms with Crippen LogP contribution >= 0.6 is 11.3 Å². The lowest BCUT2D eigenvalue weighted by Crippen LogP contribution is -2.19. The van der Waals surface area contributed by atoms with Gasteiger partial charge in [-0.1, -0.05) is 16.5 Å². The molecule has 0 fully saturated rings. The molecule has 0 unspecified atom stereocenters. The van der Waals surface area contributed by atoms with E-state index < -0.39 is 18.7 Å². The van der Waals surface area contributed by atoms with E-state index in [4.69, 9.17) is 9.26 Å². The molecule has 1 amide bonds. The van der Waals surface area contributed by atoms with E-state index in [0.29, 0.717) is 16.0 Å². The zero-order chi connectivity index (χ0) is 20.4. The fourth-order valence-corrected chi connectivity index (χ4v) is 3.30. The normalized spacial score (nSPS) is 11.6. The number of halogens is 3. The van der Waals surface area contributed by atoms with Crippen molar-refractivity contribution in [2.45, 2.75) is 6.18 Å². The minimum Gasteiger partial charge on any atom is -0.484 e. The number of hydrogen-bond donors (Lipinski definition) is 1. The van der Waals surface area contributed by atoms with Crippen LogP contribution in [0.25, 0.3) is 21.5 Å². The second kappa shape index (κ2) is 7.51. The number of fused-ring (bicyclic) bond motifs is 1. The van der Waals surface area contributed by atoms with E-state index in [0.717, 1.165) is 16.9 Å². The summed E-state index contributed by atoms with van der Waals surface area (Å²) in [5.74, 6) is -0.0511. The molecule has 0 spiro atoms. The Morgan fingerprint density at radius 2 is 1.97 bits per heavy atom. The second-order valence-corrected chi connectivity index (χ2v) is 6.85. The van der Waals surface area contributed by atoms with Gasteiger partial charge in [0.1, 0.15) is 5.75 Å². The molecule has 29 heavy (non-hydrogen) atoms. The number of amides is 1. The van der Waals surface area contributed by atoms with Gasteiger partial charge in [-0.15, -0.1) is 0 Å². The first-order valence-electron chi connectivity index (χ1n) is 8.16. The number of benzene rings is 1. The Hall–Kier alpha value is -3.47. The van der Waals surface area contributed by atoms with Crippen molar-refractivity contribution < 1.29 is 27.2 Å². The summed E-state index contributed by atoms with van der Waals surface area (Å²) in [5, 5.41) is 6.62. The van der Waals surface area contributed by atoms with Gasteiger partial charge in [-0.3, -0.25) is 15.1 Å². The Balaban J connectivity index is 1.47. The van der Waals surface area contributed by atoms with Crippen LogP contribution in [0.4, 0.5) is 18.3 Å². The number of hydrogen-bond acceptors (Lipinski definition) is 7. The lowest BCUT2D eigenvalue weighted by atomic mass is 10.2. The average molecular weight is 420 g/mol. The SMILES string of the molecule is O=C(Nc1nc2ccc(OCC(F)(F)F)cc2s1)c1cc(-c2ccncc2)on1. The average Bonchev–Trinajstić information content (AvgIpc) is 3.33. The van der Waals surface area contributed by atoms with Crippen molar-refractivity contribution in [3.63, 3.8) is 0 Å². The van der Waals surface area contributed by atoms with Crippen molar-refractivity contribution in [1.82, 2.24) is 15.1 Å². The summed E-state index contributed by atoms with van der Waals surface area (Å²) >= 11 is 1.10. The molecule has 3 aromatic heterocycles. The number of carbonyl (C=O) groups is 1. The molecular formula is C18H11F3N4O3S. The van der Waals surface area contributed by atoms with Gasteiger partial charge in [0.15, 0.2) is 23.2 Å². The van der Waals surface area contributed by atoms with Gasteiger partial charge >= 0.3 is 6.18 Å². The van der Waals surface area contributed by atoms with Crippen molar-refractivity contribution in [3.05, 3.63) is 54.5 Å². The van der Waals surface area contributed by atoms with Crippen LogP contribution < -0.4 is 10.1 Å². The first-order valence-corrected chi connectivity index (χ1v) is 8.98. The third-order valence-electron chi connectivity index (χ3n) is 3.69. The van der Waals surface area contributed by atoms with Crippen molar-refractivity contribution >= 4 is 32.6 Å². The molecule has 0 aliphatic rings. The molecule has 0 aliphatic heterocycles. The van der Waals surface area contributed by atoms with Crippen molar-refractivity contribution in [2.24, 2.45) is 0 Å². The Kier molecular flexibility index (Phi) is 4.89. The molecule has 11 heteroatoms. The highest BCUT2D eigenvalue weighted by Crippen LogP contribution is 2.30. The van der Waals surface area contributed by atoms with Gasteiger partial charge in [0.25, 0.3) is 5.91 Å². The summed E-state index contributed by atoms with van der Waals surface area (Å²) < 4.78 is 47.3. The highest BCUT2D eigenvalue weighted by Gasteiger charge is 2.28. The number of nitrogens with zero attached hydrogens (tertiary/aromatic N) is 3. The van der Waals surface area contributed by atoms with E-state index >= 15 is 0 Å². The number of pyridine rings is 1. The summed E-state index contributed by atoms with van der Waals surface area (Å²) in [6.07, 6.45) is -1.24. The number of ether oxygens (including phenoxy) is 1. The van der Waals surface area contributed by atoms with E-state index in [2.05, 4.69) is 20.4 Å². The Morgan fingerprint density at radius 3 is 2.72 bits per heavy atom. The molecule has 4 aromatic rings. The second-order valence-electron chi connectivity index (χ2n) is 5.82. The Bertz CT molecular complexity index is 1160. The molecule has 0 radical (unpaired) electrons. The Labute approximate surface area is 165 Å². The lowest BCUT2D eigenvalue weighted by molar-refractivity contribution is -0.153. The van der Waals surface area contributed by atoms with E-state index in [1.807, 2.05) is 0 Å². The fourth-order valence-electron chi connectivity index (χ4n) is 2.41. The molecule has 0 saturated carbocycles. The molecule has 1 N–H and O–H groups in total. The molecule has 0 atom stereocenters. The first-order chi connectivity index (χ1) is 13.9. The zero-order valence-electron chi connectivity index (χ0n) is 14.4. The number of rotatable bonds is 5. The van der Waals surface area contributed by atoms with Gasteiger partial charge in [0.05, 0.1) is 10.2 Å². The van der Waals surface area contributed by atoms with Crippen molar-refractivity contribution in [3.8, 4) is 17.1 Å². The lowest BCUT2D eigenvalue weighted by Gasteiger charge is -2.08. The fraction of sp³-hybridized carbons (Fsp3) is 0.111.